The van der Waals surface area contributed by atoms with Crippen LogP contribution >= 0.6 is 0 Å². The van der Waals surface area contributed by atoms with Crippen LogP contribution in [0.1, 0.15) is 24.6 Å². The molecule has 0 saturated carbocycles. The maximum atomic E-state index is 12.1. The van der Waals surface area contributed by atoms with E-state index in [4.69, 9.17) is 0 Å². The summed E-state index contributed by atoms with van der Waals surface area (Å²) in [5.74, 6) is -0.332. The van der Waals surface area contributed by atoms with Gasteiger partial charge < -0.3 is 0 Å². The fourth-order valence-electron chi connectivity index (χ4n) is 2.28. The molecule has 9 heteroatoms. The molecule has 7 nitrogen and oxygen atoms in total. The fourth-order valence-corrected chi connectivity index (χ4v) is 6.33. The summed E-state index contributed by atoms with van der Waals surface area (Å²) in [6.07, 6.45) is 1.80. The van der Waals surface area contributed by atoms with Crippen molar-refractivity contribution < 1.29 is 16.8 Å². The Kier molecular flexibility index (Phi) is 4.22. The highest BCUT2D eigenvalue weighted by Gasteiger charge is 2.36. The number of hydrogen-bond donors (Lipinski definition) is 1. The van der Waals surface area contributed by atoms with E-state index in [1.54, 1.807) is 10.9 Å². The predicted molar refractivity (Wildman–Crippen MR) is 75.5 cm³/mol. The van der Waals surface area contributed by atoms with Crippen molar-refractivity contribution in [3.05, 3.63) is 17.5 Å². The van der Waals surface area contributed by atoms with Crippen molar-refractivity contribution in [2.45, 2.75) is 38.6 Å². The van der Waals surface area contributed by atoms with E-state index in [2.05, 4.69) is 9.82 Å². The molecule has 0 spiro atoms. The zero-order valence-electron chi connectivity index (χ0n) is 11.5. The van der Waals surface area contributed by atoms with Crippen molar-refractivity contribution >= 4 is 19.9 Å². The van der Waals surface area contributed by atoms with Crippen LogP contribution in [0.2, 0.25) is 0 Å². The van der Waals surface area contributed by atoms with Gasteiger partial charge in [0.05, 0.1) is 23.0 Å². The van der Waals surface area contributed by atoms with Gasteiger partial charge in [0.2, 0.25) is 10.0 Å². The molecule has 2 heterocycles. The third kappa shape index (κ3) is 3.21. The third-order valence-electron chi connectivity index (χ3n) is 3.60. The largest absolute Gasteiger partial charge is 0.270 e. The third-order valence-corrected chi connectivity index (χ3v) is 7.40. The molecule has 1 fully saturated rings. The minimum atomic E-state index is -3.61. The van der Waals surface area contributed by atoms with Crippen molar-refractivity contribution in [2.24, 2.45) is 0 Å². The van der Waals surface area contributed by atoms with Crippen molar-refractivity contribution in [2.75, 3.05) is 11.5 Å². The summed E-state index contributed by atoms with van der Waals surface area (Å²) in [5.41, 5.74) is 1.71. The van der Waals surface area contributed by atoms with E-state index < -0.39 is 25.1 Å². The molecular weight excluding hydrogens is 302 g/mol. The average Bonchev–Trinajstić information content (AvgIpc) is 2.90. The van der Waals surface area contributed by atoms with Gasteiger partial charge in [-0.25, -0.2) is 21.6 Å². The van der Waals surface area contributed by atoms with Gasteiger partial charge >= 0.3 is 0 Å². The van der Waals surface area contributed by atoms with E-state index >= 15 is 0 Å². The number of nitrogens with zero attached hydrogens (tertiary/aromatic N) is 2. The molecule has 0 radical (unpaired) electrons. The van der Waals surface area contributed by atoms with Crippen molar-refractivity contribution in [1.29, 1.82) is 0 Å². The molecular formula is C11H19N3O4S2. The number of nitrogens with one attached hydrogen (secondary N) is 1. The van der Waals surface area contributed by atoms with Crippen molar-refractivity contribution in [3.8, 4) is 0 Å². The molecule has 20 heavy (non-hydrogen) atoms. The maximum absolute atomic E-state index is 12.1. The van der Waals surface area contributed by atoms with Gasteiger partial charge in [-0.15, -0.1) is 0 Å². The minimum absolute atomic E-state index is 0.0502. The van der Waals surface area contributed by atoms with Crippen LogP contribution in [0.25, 0.3) is 0 Å². The second-order valence-corrected chi connectivity index (χ2v) is 9.24. The standard InChI is InChI=1S/C11H19N3O4S2/c1-3-14-9(2)10(6-12-14)7-13-20(17,18)11-4-5-19(15,16)8-11/h6,11,13H,3-5,7-8H2,1-2H3/t11-/m1/s1. The summed E-state index contributed by atoms with van der Waals surface area (Å²) < 4.78 is 51.1. The Labute approximate surface area is 119 Å². The topological polar surface area (TPSA) is 98.1 Å². The van der Waals surface area contributed by atoms with Crippen LogP contribution in [-0.4, -0.2) is 43.4 Å². The van der Waals surface area contributed by atoms with Crippen LogP contribution in [0, 0.1) is 6.92 Å². The Bertz CT molecular complexity index is 691. The lowest BCUT2D eigenvalue weighted by molar-refractivity contribution is 0.567. The lowest BCUT2D eigenvalue weighted by Crippen LogP contribution is -2.34. The molecule has 1 aromatic rings. The summed E-state index contributed by atoms with van der Waals surface area (Å²) in [7, 11) is -6.81. The summed E-state index contributed by atoms with van der Waals surface area (Å²) in [6.45, 7) is 4.70. The Morgan fingerprint density at radius 3 is 2.70 bits per heavy atom. The number of aromatic nitrogens is 2. The van der Waals surface area contributed by atoms with Gasteiger partial charge in [0.15, 0.2) is 9.84 Å². The molecule has 0 aliphatic carbocycles. The zero-order chi connectivity index (χ0) is 15.0. The number of aryl methyl sites for hydroxylation is 1. The van der Waals surface area contributed by atoms with E-state index in [0.29, 0.717) is 0 Å². The van der Waals surface area contributed by atoms with E-state index in [0.717, 1.165) is 17.8 Å². The van der Waals surface area contributed by atoms with E-state index in [-0.39, 0.29) is 24.5 Å². The monoisotopic (exact) mass is 321 g/mol. The van der Waals surface area contributed by atoms with Gasteiger partial charge in [-0.05, 0) is 20.3 Å². The smallest absolute Gasteiger partial charge is 0.215 e. The number of sulfone groups is 1. The molecule has 0 amide bonds. The van der Waals surface area contributed by atoms with E-state index in [1.165, 1.54) is 0 Å². The van der Waals surface area contributed by atoms with Gasteiger partial charge in [0.25, 0.3) is 0 Å². The average molecular weight is 321 g/mol. The molecule has 1 aromatic heterocycles. The first kappa shape index (κ1) is 15.5. The Balaban J connectivity index is 2.04. The van der Waals surface area contributed by atoms with Crippen LogP contribution < -0.4 is 4.72 Å². The molecule has 1 aliphatic heterocycles. The summed E-state index contributed by atoms with van der Waals surface area (Å²) in [6, 6.07) is 0. The molecule has 1 atom stereocenters. The summed E-state index contributed by atoms with van der Waals surface area (Å²) in [5, 5.41) is 3.30. The molecule has 1 aliphatic rings. The number of sulfonamides is 1. The molecule has 0 aromatic carbocycles. The highest BCUT2D eigenvalue weighted by molar-refractivity contribution is 7.95. The van der Waals surface area contributed by atoms with Crippen LogP contribution in [0.3, 0.4) is 0 Å². The lowest BCUT2D eigenvalue weighted by Gasteiger charge is -2.11. The van der Waals surface area contributed by atoms with Gasteiger partial charge in [-0.2, -0.15) is 5.10 Å². The number of hydrogen-bond acceptors (Lipinski definition) is 5. The summed E-state index contributed by atoms with van der Waals surface area (Å²) >= 11 is 0. The quantitative estimate of drug-likeness (QED) is 0.811. The first-order chi connectivity index (χ1) is 9.25. The first-order valence-corrected chi connectivity index (χ1v) is 9.82. The minimum Gasteiger partial charge on any atom is -0.270 e. The fraction of sp³-hybridized carbons (Fsp3) is 0.727. The Morgan fingerprint density at radius 1 is 1.50 bits per heavy atom. The van der Waals surface area contributed by atoms with E-state index in [9.17, 15) is 16.8 Å². The van der Waals surface area contributed by atoms with Crippen molar-refractivity contribution in [1.82, 2.24) is 14.5 Å². The molecule has 0 unspecified atom stereocenters. The van der Waals surface area contributed by atoms with Crippen LogP contribution in [0.15, 0.2) is 6.20 Å². The zero-order valence-corrected chi connectivity index (χ0v) is 13.2. The molecule has 2 rings (SSSR count). The highest BCUT2D eigenvalue weighted by Crippen LogP contribution is 2.18. The van der Waals surface area contributed by atoms with Crippen molar-refractivity contribution in [3.63, 3.8) is 0 Å². The lowest BCUT2D eigenvalue weighted by atomic mass is 10.3. The van der Waals surface area contributed by atoms with Gasteiger partial charge in [0.1, 0.15) is 0 Å². The molecule has 0 bridgehead atoms. The molecule has 114 valence electrons. The second-order valence-electron chi connectivity index (χ2n) is 4.96. The molecule has 1 N–H and O–H groups in total. The van der Waals surface area contributed by atoms with Gasteiger partial charge in [-0.1, -0.05) is 0 Å². The predicted octanol–water partition coefficient (Wildman–Crippen LogP) is -0.182. The first-order valence-electron chi connectivity index (χ1n) is 6.45. The SMILES string of the molecule is CCn1ncc(CNS(=O)(=O)[C@@H]2CCS(=O)(=O)C2)c1C. The van der Waals surface area contributed by atoms with Crippen LogP contribution in [0.4, 0.5) is 0 Å². The maximum Gasteiger partial charge on any atom is 0.215 e. The highest BCUT2D eigenvalue weighted by atomic mass is 32.2. The van der Waals surface area contributed by atoms with E-state index in [1.807, 2.05) is 13.8 Å². The Hall–Kier alpha value is -0.930. The van der Waals surface area contributed by atoms with Gasteiger partial charge in [-0.3, -0.25) is 4.68 Å². The van der Waals surface area contributed by atoms with Crippen LogP contribution in [-0.2, 0) is 33.0 Å². The van der Waals surface area contributed by atoms with Crippen LogP contribution in [0.5, 0.6) is 0 Å². The van der Waals surface area contributed by atoms with Gasteiger partial charge in [0, 0.05) is 24.3 Å². The summed E-state index contributed by atoms with van der Waals surface area (Å²) in [4.78, 5) is 0. The molecule has 1 saturated heterocycles. The normalized spacial score (nSPS) is 22.2. The second kappa shape index (κ2) is 5.45. The Morgan fingerprint density at radius 2 is 2.20 bits per heavy atom. The number of rotatable bonds is 5.